The maximum atomic E-state index is 12.3. The summed E-state index contributed by atoms with van der Waals surface area (Å²) in [5, 5.41) is 18.0. The zero-order valence-electron chi connectivity index (χ0n) is 16.7. The van der Waals surface area contributed by atoms with Gasteiger partial charge in [-0.1, -0.05) is 18.2 Å². The normalized spacial score (nSPS) is 10.9. The maximum absolute atomic E-state index is 12.3. The third-order valence-corrected chi connectivity index (χ3v) is 4.66. The van der Waals surface area contributed by atoms with E-state index >= 15 is 0 Å². The first-order valence-corrected chi connectivity index (χ1v) is 9.55. The van der Waals surface area contributed by atoms with Gasteiger partial charge in [-0.25, -0.2) is 5.43 Å². The molecule has 0 fully saturated rings. The number of carbonyl (C=O) groups is 1. The Labute approximate surface area is 179 Å². The number of fused-ring (bicyclic) bond motifs is 1. The Morgan fingerprint density at radius 3 is 2.68 bits per heavy atom. The number of rotatable bonds is 6. The Morgan fingerprint density at radius 1 is 1.06 bits per heavy atom. The van der Waals surface area contributed by atoms with E-state index in [1.165, 1.54) is 19.4 Å². The minimum absolute atomic E-state index is 0.0390. The first-order chi connectivity index (χ1) is 15.1. The molecular formula is C24H20N4O3. The zero-order chi connectivity index (χ0) is 21.6. The quantitative estimate of drug-likeness (QED) is 0.321. The van der Waals surface area contributed by atoms with Crippen molar-refractivity contribution >= 4 is 34.4 Å². The van der Waals surface area contributed by atoms with Crippen molar-refractivity contribution in [3.8, 4) is 11.5 Å². The monoisotopic (exact) mass is 412 g/mol. The standard InChI is InChI=1S/C24H20N4O3/c1-31-23-14-16(6-11-22(23)29)15-26-28-24(30)17-7-9-18(10-8-17)27-21-12-13-25-20-5-3-2-4-19(20)21/h2-15,29H,1H3,(H,25,27)(H,28,30). The van der Waals surface area contributed by atoms with E-state index in [1.54, 1.807) is 30.5 Å². The number of hydrazone groups is 1. The van der Waals surface area contributed by atoms with Gasteiger partial charge in [0.1, 0.15) is 0 Å². The second-order valence-corrected chi connectivity index (χ2v) is 6.71. The lowest BCUT2D eigenvalue weighted by atomic mass is 10.1. The highest BCUT2D eigenvalue weighted by Crippen LogP contribution is 2.26. The summed E-state index contributed by atoms with van der Waals surface area (Å²) in [6.07, 6.45) is 3.23. The average Bonchev–Trinajstić information content (AvgIpc) is 2.81. The molecule has 4 rings (SSSR count). The number of pyridine rings is 1. The fourth-order valence-electron chi connectivity index (χ4n) is 3.07. The molecule has 0 bridgehead atoms. The van der Waals surface area contributed by atoms with Crippen LogP contribution in [0, 0.1) is 0 Å². The van der Waals surface area contributed by atoms with Crippen molar-refractivity contribution in [1.82, 2.24) is 10.4 Å². The van der Waals surface area contributed by atoms with Crippen molar-refractivity contribution in [3.63, 3.8) is 0 Å². The van der Waals surface area contributed by atoms with Gasteiger partial charge in [0.2, 0.25) is 0 Å². The first-order valence-electron chi connectivity index (χ1n) is 9.55. The Bertz CT molecular complexity index is 1250. The molecule has 0 unspecified atom stereocenters. The summed E-state index contributed by atoms with van der Waals surface area (Å²) >= 11 is 0. The molecule has 0 radical (unpaired) electrons. The third kappa shape index (κ3) is 4.62. The summed E-state index contributed by atoms with van der Waals surface area (Å²) in [6.45, 7) is 0. The lowest BCUT2D eigenvalue weighted by Gasteiger charge is -2.10. The molecule has 1 heterocycles. The zero-order valence-corrected chi connectivity index (χ0v) is 16.7. The summed E-state index contributed by atoms with van der Waals surface area (Å²) in [5.41, 5.74) is 6.35. The van der Waals surface area contributed by atoms with Crippen LogP contribution < -0.4 is 15.5 Å². The van der Waals surface area contributed by atoms with Crippen molar-refractivity contribution in [2.75, 3.05) is 12.4 Å². The number of hydrogen-bond acceptors (Lipinski definition) is 6. The molecule has 0 aliphatic rings. The fraction of sp³-hybridized carbons (Fsp3) is 0.0417. The topological polar surface area (TPSA) is 95.8 Å². The minimum Gasteiger partial charge on any atom is -0.504 e. The lowest BCUT2D eigenvalue weighted by Crippen LogP contribution is -2.17. The number of anilines is 2. The van der Waals surface area contributed by atoms with E-state index < -0.39 is 0 Å². The predicted molar refractivity (Wildman–Crippen MR) is 121 cm³/mol. The molecule has 4 aromatic rings. The van der Waals surface area contributed by atoms with Gasteiger partial charge < -0.3 is 15.2 Å². The summed E-state index contributed by atoms with van der Waals surface area (Å²) in [5.74, 6) is 0.0420. The molecule has 0 spiro atoms. The number of nitrogens with one attached hydrogen (secondary N) is 2. The summed E-state index contributed by atoms with van der Waals surface area (Å²) < 4.78 is 5.05. The molecule has 1 aromatic heterocycles. The van der Waals surface area contributed by atoms with Crippen molar-refractivity contribution < 1.29 is 14.6 Å². The van der Waals surface area contributed by atoms with Gasteiger partial charge in [-0.15, -0.1) is 0 Å². The van der Waals surface area contributed by atoms with Crippen LogP contribution in [0.3, 0.4) is 0 Å². The highest BCUT2D eigenvalue weighted by atomic mass is 16.5. The van der Waals surface area contributed by atoms with E-state index in [2.05, 4.69) is 20.8 Å². The van der Waals surface area contributed by atoms with E-state index in [0.29, 0.717) is 16.9 Å². The summed E-state index contributed by atoms with van der Waals surface area (Å²) in [4.78, 5) is 16.7. The van der Waals surface area contributed by atoms with Crippen LogP contribution in [0.15, 0.2) is 84.1 Å². The molecule has 31 heavy (non-hydrogen) atoms. The van der Waals surface area contributed by atoms with Crippen LogP contribution in [0.5, 0.6) is 11.5 Å². The molecule has 0 saturated carbocycles. The number of methoxy groups -OCH3 is 1. The second-order valence-electron chi connectivity index (χ2n) is 6.71. The van der Waals surface area contributed by atoms with Crippen LogP contribution in [0.4, 0.5) is 11.4 Å². The number of benzene rings is 3. The van der Waals surface area contributed by atoms with E-state index in [9.17, 15) is 9.90 Å². The summed E-state index contributed by atoms with van der Waals surface area (Å²) in [6, 6.07) is 21.7. The molecule has 0 saturated heterocycles. The van der Waals surface area contributed by atoms with Crippen LogP contribution in [0.2, 0.25) is 0 Å². The number of phenolic OH excluding ortho intramolecular Hbond substituents is 1. The number of phenols is 1. The summed E-state index contributed by atoms with van der Waals surface area (Å²) in [7, 11) is 1.47. The molecule has 3 N–H and O–H groups in total. The van der Waals surface area contributed by atoms with Crippen molar-refractivity contribution in [2.45, 2.75) is 0 Å². The Kier molecular flexibility index (Phi) is 5.75. The number of nitrogens with zero attached hydrogens (tertiary/aromatic N) is 2. The van der Waals surface area contributed by atoms with Crippen molar-refractivity contribution in [1.29, 1.82) is 0 Å². The van der Waals surface area contributed by atoms with Gasteiger partial charge in [0, 0.05) is 28.5 Å². The molecular weight excluding hydrogens is 392 g/mol. The van der Waals surface area contributed by atoms with E-state index in [-0.39, 0.29) is 11.7 Å². The van der Waals surface area contributed by atoms with Crippen LogP contribution in [-0.4, -0.2) is 29.3 Å². The molecule has 7 heteroatoms. The van der Waals surface area contributed by atoms with Crippen LogP contribution in [0.25, 0.3) is 10.9 Å². The van der Waals surface area contributed by atoms with Crippen molar-refractivity contribution in [2.24, 2.45) is 5.10 Å². The Hall–Kier alpha value is -4.39. The van der Waals surface area contributed by atoms with Crippen LogP contribution in [-0.2, 0) is 0 Å². The van der Waals surface area contributed by atoms with Gasteiger partial charge in [-0.2, -0.15) is 5.10 Å². The van der Waals surface area contributed by atoms with Crippen molar-refractivity contribution in [3.05, 3.63) is 90.1 Å². The molecule has 0 aliphatic carbocycles. The SMILES string of the molecule is COc1cc(C=NNC(=O)c2ccc(Nc3ccnc4ccccc34)cc2)ccc1O. The number of aromatic nitrogens is 1. The number of aromatic hydroxyl groups is 1. The lowest BCUT2D eigenvalue weighted by molar-refractivity contribution is 0.0955. The van der Waals surface area contributed by atoms with Crippen LogP contribution >= 0.6 is 0 Å². The average molecular weight is 412 g/mol. The van der Waals surface area contributed by atoms with Gasteiger partial charge in [-0.05, 0) is 60.2 Å². The Balaban J connectivity index is 1.41. The molecule has 0 aliphatic heterocycles. The van der Waals surface area contributed by atoms with Crippen LogP contribution in [0.1, 0.15) is 15.9 Å². The number of amides is 1. The maximum Gasteiger partial charge on any atom is 0.271 e. The highest BCUT2D eigenvalue weighted by Gasteiger charge is 2.06. The van der Waals surface area contributed by atoms with E-state index in [0.717, 1.165) is 22.3 Å². The smallest absolute Gasteiger partial charge is 0.271 e. The molecule has 3 aromatic carbocycles. The second kappa shape index (κ2) is 8.96. The number of para-hydroxylation sites is 1. The third-order valence-electron chi connectivity index (χ3n) is 4.66. The molecule has 7 nitrogen and oxygen atoms in total. The minimum atomic E-state index is -0.331. The van der Waals surface area contributed by atoms with Gasteiger partial charge >= 0.3 is 0 Å². The van der Waals surface area contributed by atoms with Gasteiger partial charge in [0.15, 0.2) is 11.5 Å². The highest BCUT2D eigenvalue weighted by molar-refractivity contribution is 5.96. The fourth-order valence-corrected chi connectivity index (χ4v) is 3.07. The molecule has 154 valence electrons. The molecule has 0 atom stereocenters. The molecule has 1 amide bonds. The number of ether oxygens (including phenoxy) is 1. The largest absolute Gasteiger partial charge is 0.504 e. The number of carbonyl (C=O) groups excluding carboxylic acids is 1. The van der Waals surface area contributed by atoms with Gasteiger partial charge in [0.05, 0.1) is 18.8 Å². The predicted octanol–water partition coefficient (Wildman–Crippen LogP) is 4.46. The Morgan fingerprint density at radius 2 is 1.87 bits per heavy atom. The van der Waals surface area contributed by atoms with Gasteiger partial charge in [-0.3, -0.25) is 9.78 Å². The van der Waals surface area contributed by atoms with E-state index in [1.807, 2.05) is 42.5 Å². The van der Waals surface area contributed by atoms with Gasteiger partial charge in [0.25, 0.3) is 5.91 Å². The van der Waals surface area contributed by atoms with E-state index in [4.69, 9.17) is 4.74 Å². The first kappa shape index (κ1) is 19.9. The number of hydrogen-bond donors (Lipinski definition) is 3.